The monoisotopic (exact) mass is 462 g/mol. The maximum Gasteiger partial charge on any atom is 0.412 e. The van der Waals surface area contributed by atoms with Gasteiger partial charge in [-0.2, -0.15) is 0 Å². The van der Waals surface area contributed by atoms with Crippen LogP contribution in [-0.2, 0) is 4.74 Å². The Balaban J connectivity index is 1.65. The molecule has 3 aromatic carbocycles. The molecule has 0 bridgehead atoms. The van der Waals surface area contributed by atoms with Crippen molar-refractivity contribution in [2.75, 3.05) is 5.32 Å². The molecule has 30 heavy (non-hydrogen) atoms. The molecule has 1 amide bonds. The van der Waals surface area contributed by atoms with Crippen LogP contribution < -0.4 is 5.32 Å². The van der Waals surface area contributed by atoms with E-state index in [0.29, 0.717) is 17.1 Å². The fraction of sp³-hybridized carbons (Fsp3) is 0.0833. The van der Waals surface area contributed by atoms with Gasteiger partial charge >= 0.3 is 6.09 Å². The van der Waals surface area contributed by atoms with E-state index in [1.807, 2.05) is 91.9 Å². The molecule has 4 aromatic rings. The molecule has 1 heterocycles. The fourth-order valence-electron chi connectivity index (χ4n) is 3.08. The predicted octanol–water partition coefficient (Wildman–Crippen LogP) is 7.08. The Bertz CT molecular complexity index is 1130. The van der Waals surface area contributed by atoms with Gasteiger partial charge in [0.05, 0.1) is 0 Å². The van der Waals surface area contributed by atoms with Crippen molar-refractivity contribution in [2.24, 2.45) is 0 Å². The molecule has 5 nitrogen and oxygen atoms in total. The Morgan fingerprint density at radius 3 is 2.23 bits per heavy atom. The number of benzene rings is 3. The molecule has 1 aromatic heterocycles. The van der Waals surface area contributed by atoms with Gasteiger partial charge in [0.15, 0.2) is 5.76 Å². The first kappa shape index (κ1) is 19.9. The van der Waals surface area contributed by atoms with E-state index in [0.717, 1.165) is 21.2 Å². The van der Waals surface area contributed by atoms with Gasteiger partial charge in [-0.3, -0.25) is 5.32 Å². The molecule has 0 aliphatic carbocycles. The highest BCUT2D eigenvalue weighted by atomic mass is 79.9. The predicted molar refractivity (Wildman–Crippen MR) is 120 cm³/mol. The summed E-state index contributed by atoms with van der Waals surface area (Å²) in [5.74, 6) is 0.464. The summed E-state index contributed by atoms with van der Waals surface area (Å²) in [5.41, 5.74) is 3.54. The van der Waals surface area contributed by atoms with Crippen molar-refractivity contribution in [3.8, 4) is 22.6 Å². The number of ether oxygens (including phenoxy) is 1. The zero-order chi connectivity index (χ0) is 20.9. The van der Waals surface area contributed by atoms with Crippen molar-refractivity contribution >= 4 is 27.7 Å². The maximum atomic E-state index is 12.7. The molecule has 0 aliphatic rings. The topological polar surface area (TPSA) is 64.4 Å². The number of hydrogen-bond acceptors (Lipinski definition) is 4. The Labute approximate surface area is 182 Å². The molecular weight excluding hydrogens is 444 g/mol. The number of anilines is 1. The lowest BCUT2D eigenvalue weighted by molar-refractivity contribution is 0.121. The minimum Gasteiger partial charge on any atom is -0.441 e. The number of carbonyl (C=O) groups excluding carboxylic acids is 1. The zero-order valence-corrected chi connectivity index (χ0v) is 17.8. The van der Waals surface area contributed by atoms with Crippen LogP contribution in [0.2, 0.25) is 0 Å². The van der Waals surface area contributed by atoms with Gasteiger partial charge in [0.2, 0.25) is 0 Å². The summed E-state index contributed by atoms with van der Waals surface area (Å²) < 4.78 is 12.2. The third-order valence-electron chi connectivity index (χ3n) is 4.63. The molecule has 1 unspecified atom stereocenters. The first-order valence-corrected chi connectivity index (χ1v) is 10.2. The van der Waals surface area contributed by atoms with Crippen molar-refractivity contribution in [2.45, 2.75) is 13.0 Å². The van der Waals surface area contributed by atoms with E-state index in [1.165, 1.54) is 0 Å². The first-order valence-electron chi connectivity index (χ1n) is 9.45. The molecule has 0 radical (unpaired) electrons. The van der Waals surface area contributed by atoms with Crippen LogP contribution in [0.25, 0.3) is 22.6 Å². The van der Waals surface area contributed by atoms with Crippen LogP contribution in [0, 0.1) is 0 Å². The van der Waals surface area contributed by atoms with Crippen LogP contribution in [0.4, 0.5) is 10.5 Å². The van der Waals surface area contributed by atoms with Crippen LogP contribution in [0.5, 0.6) is 0 Å². The van der Waals surface area contributed by atoms with Gasteiger partial charge in [-0.05, 0) is 36.8 Å². The summed E-state index contributed by atoms with van der Waals surface area (Å²) >= 11 is 3.43. The van der Waals surface area contributed by atoms with Crippen LogP contribution in [0.1, 0.15) is 18.6 Å². The van der Waals surface area contributed by atoms with Gasteiger partial charge < -0.3 is 9.26 Å². The van der Waals surface area contributed by atoms with E-state index in [2.05, 4.69) is 26.4 Å². The lowest BCUT2D eigenvalue weighted by Crippen LogP contribution is -2.16. The summed E-state index contributed by atoms with van der Waals surface area (Å²) in [5, 5.41) is 7.06. The van der Waals surface area contributed by atoms with Gasteiger partial charge in [0.1, 0.15) is 17.5 Å². The first-order chi connectivity index (χ1) is 14.6. The highest BCUT2D eigenvalue weighted by molar-refractivity contribution is 9.10. The van der Waals surface area contributed by atoms with Crippen molar-refractivity contribution in [3.63, 3.8) is 0 Å². The minimum absolute atomic E-state index is 0.401. The second-order valence-corrected chi connectivity index (χ2v) is 7.61. The van der Waals surface area contributed by atoms with Crippen LogP contribution in [-0.4, -0.2) is 11.2 Å². The average Bonchev–Trinajstić information content (AvgIpc) is 3.18. The van der Waals surface area contributed by atoms with E-state index in [4.69, 9.17) is 9.26 Å². The Hall–Kier alpha value is -3.38. The summed E-state index contributed by atoms with van der Waals surface area (Å²) in [7, 11) is 0. The third-order valence-corrected chi connectivity index (χ3v) is 5.15. The van der Waals surface area contributed by atoms with Crippen LogP contribution >= 0.6 is 15.9 Å². The fourth-order valence-corrected chi connectivity index (χ4v) is 3.35. The molecule has 6 heteroatoms. The SMILES string of the molecule is CC(OC(=O)Nc1c(-c2ccccc2)noc1-c1ccc(Br)cc1)c1ccccc1. The molecule has 4 rings (SSSR count). The quantitative estimate of drug-likeness (QED) is 0.344. The van der Waals surface area contributed by atoms with Gasteiger partial charge in [-0.15, -0.1) is 0 Å². The molecule has 1 atom stereocenters. The highest BCUT2D eigenvalue weighted by Gasteiger charge is 2.22. The normalized spacial score (nSPS) is 11.7. The number of carbonyl (C=O) groups is 1. The number of hydrogen-bond donors (Lipinski definition) is 1. The number of nitrogens with one attached hydrogen (secondary N) is 1. The Morgan fingerprint density at radius 2 is 1.57 bits per heavy atom. The molecule has 0 spiro atoms. The number of rotatable bonds is 5. The zero-order valence-electron chi connectivity index (χ0n) is 16.2. The number of aromatic nitrogens is 1. The van der Waals surface area contributed by atoms with E-state index >= 15 is 0 Å². The third kappa shape index (κ3) is 4.44. The molecule has 150 valence electrons. The van der Waals surface area contributed by atoms with Crippen molar-refractivity contribution in [1.82, 2.24) is 5.16 Å². The molecular formula is C24H19BrN2O3. The number of nitrogens with zero attached hydrogens (tertiary/aromatic N) is 1. The summed E-state index contributed by atoms with van der Waals surface area (Å²) in [6.45, 7) is 1.83. The van der Waals surface area contributed by atoms with Crippen molar-refractivity contribution in [1.29, 1.82) is 0 Å². The van der Waals surface area contributed by atoms with Crippen molar-refractivity contribution < 1.29 is 14.1 Å². The van der Waals surface area contributed by atoms with Gasteiger partial charge in [0.25, 0.3) is 0 Å². The largest absolute Gasteiger partial charge is 0.441 e. The van der Waals surface area contributed by atoms with Gasteiger partial charge in [-0.1, -0.05) is 81.8 Å². The lowest BCUT2D eigenvalue weighted by Gasteiger charge is -2.14. The summed E-state index contributed by atoms with van der Waals surface area (Å²) in [6.07, 6.45) is -0.979. The van der Waals surface area contributed by atoms with E-state index in [-0.39, 0.29) is 0 Å². The van der Waals surface area contributed by atoms with Gasteiger partial charge in [-0.25, -0.2) is 4.79 Å². The standard InChI is InChI=1S/C24H19BrN2O3/c1-16(17-8-4-2-5-9-17)29-24(28)26-22-21(18-10-6-3-7-11-18)27-30-23(22)19-12-14-20(25)15-13-19/h2-16H,1H3,(H,26,28). The van der Waals surface area contributed by atoms with Crippen LogP contribution in [0.15, 0.2) is 93.9 Å². The minimum atomic E-state index is -0.579. The molecule has 0 aliphatic heterocycles. The molecule has 1 N–H and O–H groups in total. The van der Waals surface area contributed by atoms with Gasteiger partial charge in [0, 0.05) is 15.6 Å². The lowest BCUT2D eigenvalue weighted by atomic mass is 10.1. The smallest absolute Gasteiger partial charge is 0.412 e. The average molecular weight is 463 g/mol. The molecule has 0 saturated carbocycles. The summed E-state index contributed by atoms with van der Waals surface area (Å²) in [4.78, 5) is 12.7. The Morgan fingerprint density at radius 1 is 0.933 bits per heavy atom. The van der Waals surface area contributed by atoms with E-state index < -0.39 is 12.2 Å². The second kappa shape index (κ2) is 8.97. The number of halogens is 1. The van der Waals surface area contributed by atoms with E-state index in [1.54, 1.807) is 0 Å². The second-order valence-electron chi connectivity index (χ2n) is 6.69. The Kier molecular flexibility index (Phi) is 5.95. The van der Waals surface area contributed by atoms with Crippen molar-refractivity contribution in [3.05, 3.63) is 95.0 Å². The molecule has 0 saturated heterocycles. The highest BCUT2D eigenvalue weighted by Crippen LogP contribution is 2.37. The summed E-state index contributed by atoms with van der Waals surface area (Å²) in [6, 6.07) is 26.7. The van der Waals surface area contributed by atoms with E-state index in [9.17, 15) is 4.79 Å². The maximum absolute atomic E-state index is 12.7. The molecule has 0 fully saturated rings. The van der Waals surface area contributed by atoms with Crippen LogP contribution in [0.3, 0.4) is 0 Å². The number of amides is 1.